The van der Waals surface area contributed by atoms with Crippen LogP contribution in [-0.2, 0) is 0 Å². The molecular weight excluding hydrogens is 603 g/mol. The molecule has 0 fully saturated rings. The summed E-state index contributed by atoms with van der Waals surface area (Å²) in [4.78, 5) is 4.93. The average Bonchev–Trinajstić information content (AvgIpc) is 3.11. The molecule has 0 aromatic rings. The van der Waals surface area contributed by atoms with E-state index in [1.54, 1.807) is 0 Å². The smallest absolute Gasteiger partial charge is 0.0789 e. The summed E-state index contributed by atoms with van der Waals surface area (Å²) >= 11 is 0. The fraction of sp³-hybridized carbons (Fsp3) is 0.818. The maximum atomic E-state index is 10.4. The fourth-order valence-electron chi connectivity index (χ4n) is 6.18. The second-order valence-corrected chi connectivity index (χ2v) is 14.4. The average molecular weight is 688 g/mol. The Morgan fingerprint density at radius 3 is 1.10 bits per heavy atom. The lowest BCUT2D eigenvalue weighted by molar-refractivity contribution is 0.105. The Morgan fingerprint density at radius 2 is 0.755 bits per heavy atom. The van der Waals surface area contributed by atoms with Gasteiger partial charge in [0.1, 0.15) is 0 Å². The summed E-state index contributed by atoms with van der Waals surface area (Å²) in [6.07, 6.45) is 47.2. The SMILES string of the molecule is CCCCC/C=C\C/C=C/CCCCCCN(CCCCCN(CCCCCC/C=C\C/C=C/CCCCC)CC(O)CC)CC(O)CN. The molecule has 0 radical (unpaired) electrons. The van der Waals surface area contributed by atoms with Gasteiger partial charge in [0.25, 0.3) is 0 Å². The van der Waals surface area contributed by atoms with Crippen LogP contribution in [0.2, 0.25) is 0 Å². The summed E-state index contributed by atoms with van der Waals surface area (Å²) in [6, 6.07) is 0. The van der Waals surface area contributed by atoms with Crippen LogP contribution in [0.4, 0.5) is 0 Å². The molecule has 5 heteroatoms. The first-order valence-electron chi connectivity index (χ1n) is 21.2. The van der Waals surface area contributed by atoms with E-state index in [4.69, 9.17) is 5.73 Å². The van der Waals surface area contributed by atoms with Gasteiger partial charge in [0.05, 0.1) is 12.2 Å². The number of aliphatic hydroxyl groups excluding tert-OH is 2. The maximum Gasteiger partial charge on any atom is 0.0789 e. The molecule has 2 unspecified atom stereocenters. The van der Waals surface area contributed by atoms with Gasteiger partial charge in [-0.25, -0.2) is 0 Å². The van der Waals surface area contributed by atoms with E-state index in [2.05, 4.69) is 79.2 Å². The molecule has 0 bridgehead atoms. The van der Waals surface area contributed by atoms with Crippen molar-refractivity contribution in [2.24, 2.45) is 5.73 Å². The molecule has 0 saturated heterocycles. The van der Waals surface area contributed by atoms with Crippen molar-refractivity contribution in [2.75, 3.05) is 45.8 Å². The minimum absolute atomic E-state index is 0.225. The van der Waals surface area contributed by atoms with Crippen LogP contribution in [0.25, 0.3) is 0 Å². The highest BCUT2D eigenvalue weighted by Gasteiger charge is 2.12. The second-order valence-electron chi connectivity index (χ2n) is 14.4. The van der Waals surface area contributed by atoms with E-state index in [9.17, 15) is 10.2 Å². The molecule has 0 saturated carbocycles. The highest BCUT2D eigenvalue weighted by molar-refractivity contribution is 4.93. The highest BCUT2D eigenvalue weighted by Crippen LogP contribution is 2.11. The van der Waals surface area contributed by atoms with Crippen LogP contribution in [0.3, 0.4) is 0 Å². The van der Waals surface area contributed by atoms with Crippen molar-refractivity contribution >= 4 is 0 Å². The van der Waals surface area contributed by atoms with E-state index in [1.165, 1.54) is 128 Å². The molecule has 0 aromatic heterocycles. The molecule has 0 amide bonds. The molecule has 0 heterocycles. The first-order chi connectivity index (χ1) is 24.1. The molecule has 0 spiro atoms. The summed E-state index contributed by atoms with van der Waals surface area (Å²) in [7, 11) is 0. The monoisotopic (exact) mass is 688 g/mol. The largest absolute Gasteiger partial charge is 0.392 e. The molecule has 288 valence electrons. The lowest BCUT2D eigenvalue weighted by Gasteiger charge is -2.26. The van der Waals surface area contributed by atoms with Gasteiger partial charge in [-0.1, -0.05) is 127 Å². The Morgan fingerprint density at radius 1 is 0.429 bits per heavy atom. The molecule has 49 heavy (non-hydrogen) atoms. The fourth-order valence-corrected chi connectivity index (χ4v) is 6.18. The quantitative estimate of drug-likeness (QED) is 0.0445. The zero-order valence-corrected chi connectivity index (χ0v) is 33.1. The van der Waals surface area contributed by atoms with Gasteiger partial charge in [0, 0.05) is 19.6 Å². The number of rotatable bonds is 38. The Hall–Kier alpha value is -1.24. The Kier molecular flexibility index (Phi) is 38.5. The van der Waals surface area contributed by atoms with E-state index in [-0.39, 0.29) is 6.10 Å². The zero-order chi connectivity index (χ0) is 35.9. The first-order valence-corrected chi connectivity index (χ1v) is 21.2. The van der Waals surface area contributed by atoms with Gasteiger partial charge in [-0.05, 0) is 122 Å². The predicted molar refractivity (Wildman–Crippen MR) is 218 cm³/mol. The van der Waals surface area contributed by atoms with Crippen LogP contribution in [0.5, 0.6) is 0 Å². The summed E-state index contributed by atoms with van der Waals surface area (Å²) in [5, 5.41) is 20.6. The number of nitrogens with zero attached hydrogens (tertiary/aromatic N) is 2. The van der Waals surface area contributed by atoms with Crippen molar-refractivity contribution in [2.45, 2.75) is 187 Å². The van der Waals surface area contributed by atoms with Gasteiger partial charge in [0.15, 0.2) is 0 Å². The third-order valence-electron chi connectivity index (χ3n) is 9.48. The van der Waals surface area contributed by atoms with Gasteiger partial charge in [0.2, 0.25) is 0 Å². The van der Waals surface area contributed by atoms with Crippen molar-refractivity contribution in [3.63, 3.8) is 0 Å². The molecule has 0 aliphatic rings. The summed E-state index contributed by atoms with van der Waals surface area (Å²) in [6.45, 7) is 12.7. The van der Waals surface area contributed by atoms with Gasteiger partial charge in [-0.2, -0.15) is 0 Å². The van der Waals surface area contributed by atoms with Crippen LogP contribution in [-0.4, -0.2) is 78.0 Å². The van der Waals surface area contributed by atoms with Crippen LogP contribution in [0.1, 0.15) is 175 Å². The lowest BCUT2D eigenvalue weighted by atomic mass is 10.1. The van der Waals surface area contributed by atoms with E-state index in [0.717, 1.165) is 58.4 Å². The highest BCUT2D eigenvalue weighted by atomic mass is 16.3. The predicted octanol–water partition coefficient (Wildman–Crippen LogP) is 10.9. The Labute approximate surface area is 306 Å². The Balaban J connectivity index is 4.17. The minimum Gasteiger partial charge on any atom is -0.392 e. The molecular formula is C44H85N3O2. The number of hydrogen-bond acceptors (Lipinski definition) is 5. The molecule has 2 atom stereocenters. The van der Waals surface area contributed by atoms with Crippen molar-refractivity contribution in [1.29, 1.82) is 0 Å². The van der Waals surface area contributed by atoms with Crippen LogP contribution >= 0.6 is 0 Å². The van der Waals surface area contributed by atoms with Gasteiger partial charge in [-0.3, -0.25) is 0 Å². The van der Waals surface area contributed by atoms with Crippen molar-refractivity contribution in [1.82, 2.24) is 9.80 Å². The minimum atomic E-state index is -0.435. The van der Waals surface area contributed by atoms with Crippen molar-refractivity contribution < 1.29 is 10.2 Å². The third kappa shape index (κ3) is 36.4. The second kappa shape index (κ2) is 39.5. The molecule has 0 aliphatic heterocycles. The van der Waals surface area contributed by atoms with E-state index >= 15 is 0 Å². The van der Waals surface area contributed by atoms with E-state index < -0.39 is 6.10 Å². The molecule has 4 N–H and O–H groups in total. The molecule has 0 rings (SSSR count). The standard InChI is InChI=1S/C44H85N3O2/c1-4-7-9-11-13-15-17-19-21-23-25-27-29-32-36-46(41-43(48)6-3)38-34-31-35-39-47(42-44(49)40-45)37-33-30-28-26-24-22-20-18-16-14-12-10-8-5-2/h13-16,19-22,43-44,48-49H,4-12,17-18,23-42,45H2,1-3H3/b15-13+,16-14-,21-19-,22-20+. The number of allylic oxidation sites excluding steroid dienone is 8. The van der Waals surface area contributed by atoms with Crippen LogP contribution in [0.15, 0.2) is 48.6 Å². The van der Waals surface area contributed by atoms with Gasteiger partial charge >= 0.3 is 0 Å². The summed E-state index contributed by atoms with van der Waals surface area (Å²) < 4.78 is 0. The van der Waals surface area contributed by atoms with Crippen LogP contribution in [0, 0.1) is 0 Å². The first kappa shape index (κ1) is 47.8. The molecule has 5 nitrogen and oxygen atoms in total. The Bertz CT molecular complexity index is 703. The van der Waals surface area contributed by atoms with E-state index in [1.807, 2.05) is 0 Å². The number of aliphatic hydroxyl groups is 2. The molecule has 0 aliphatic carbocycles. The van der Waals surface area contributed by atoms with Crippen molar-refractivity contribution in [3.8, 4) is 0 Å². The topological polar surface area (TPSA) is 73.0 Å². The number of hydrogen-bond donors (Lipinski definition) is 3. The van der Waals surface area contributed by atoms with E-state index in [0.29, 0.717) is 13.1 Å². The zero-order valence-electron chi connectivity index (χ0n) is 33.1. The summed E-state index contributed by atoms with van der Waals surface area (Å²) in [5.41, 5.74) is 5.75. The van der Waals surface area contributed by atoms with Gasteiger partial charge in [-0.15, -0.1) is 0 Å². The molecule has 0 aromatic carbocycles. The third-order valence-corrected chi connectivity index (χ3v) is 9.48. The van der Waals surface area contributed by atoms with Crippen molar-refractivity contribution in [3.05, 3.63) is 48.6 Å². The maximum absolute atomic E-state index is 10.4. The lowest BCUT2D eigenvalue weighted by Crippen LogP contribution is -2.37. The number of unbranched alkanes of at least 4 members (excludes halogenated alkanes) is 16. The van der Waals surface area contributed by atoms with Gasteiger partial charge < -0.3 is 25.7 Å². The number of nitrogens with two attached hydrogens (primary N) is 1. The normalized spacial score (nSPS) is 13.9. The summed E-state index contributed by atoms with van der Waals surface area (Å²) in [5.74, 6) is 0. The van der Waals surface area contributed by atoms with Crippen LogP contribution < -0.4 is 5.73 Å².